The van der Waals surface area contributed by atoms with Crippen LogP contribution in [0, 0.1) is 5.92 Å². The maximum Gasteiger partial charge on any atom is 0.0789 e. The van der Waals surface area contributed by atoms with E-state index in [9.17, 15) is 5.11 Å². The summed E-state index contributed by atoms with van der Waals surface area (Å²) in [5.74, 6) is -0.117. The molecule has 0 unspecified atom stereocenters. The molecule has 0 bridgehead atoms. The summed E-state index contributed by atoms with van der Waals surface area (Å²) in [5.41, 5.74) is 2.47. The van der Waals surface area contributed by atoms with Gasteiger partial charge in [-0.1, -0.05) is 72.8 Å². The Bertz CT molecular complexity index is 573. The number of aliphatic hydroxyl groups is 1. The summed E-state index contributed by atoms with van der Waals surface area (Å²) in [5, 5.41) is 10.7. The van der Waals surface area contributed by atoms with Crippen molar-refractivity contribution in [3.8, 4) is 0 Å². The van der Waals surface area contributed by atoms with Crippen molar-refractivity contribution in [3.63, 3.8) is 0 Å². The monoisotopic (exact) mass is 321 g/mol. The van der Waals surface area contributed by atoms with Crippen molar-refractivity contribution in [2.45, 2.75) is 32.2 Å². The van der Waals surface area contributed by atoms with Crippen molar-refractivity contribution in [1.29, 1.82) is 0 Å². The van der Waals surface area contributed by atoms with Crippen molar-refractivity contribution in [2.24, 2.45) is 5.92 Å². The number of hydrogen-bond acceptors (Lipinski definition) is 2. The third-order valence-electron chi connectivity index (χ3n) is 4.47. The summed E-state index contributed by atoms with van der Waals surface area (Å²) in [7, 11) is 0. The van der Waals surface area contributed by atoms with E-state index in [0.717, 1.165) is 13.1 Å². The average Bonchev–Trinajstić information content (AvgIpc) is 2.63. The number of benzene rings is 2. The summed E-state index contributed by atoms with van der Waals surface area (Å²) in [6.07, 6.45) is 2.99. The lowest BCUT2D eigenvalue weighted by atomic mass is 9.95. The van der Waals surface area contributed by atoms with E-state index in [1.807, 2.05) is 36.4 Å². The average molecular weight is 321 g/mol. The highest BCUT2D eigenvalue weighted by molar-refractivity contribution is 5.17. The van der Waals surface area contributed by atoms with Crippen LogP contribution in [-0.4, -0.2) is 22.2 Å². The number of hydrogen-bond donors (Lipinski definition) is 1. The van der Waals surface area contributed by atoms with Crippen molar-refractivity contribution in [3.05, 3.63) is 97.1 Å². The fourth-order valence-corrected chi connectivity index (χ4v) is 2.89. The minimum Gasteiger partial charge on any atom is -0.391 e. The standard InChI is InChI=1S/C22H27NO/c1-4-21(5-2)22(24)18(3)23(16-19-12-8-6-9-13-19)17-20-14-10-7-11-15-20/h4-15,18,21-22,24H,1-2,16-17H2,3H3/t18-,22+/m0/s1. The van der Waals surface area contributed by atoms with Crippen LogP contribution in [0.5, 0.6) is 0 Å². The van der Waals surface area contributed by atoms with Gasteiger partial charge in [-0.15, -0.1) is 13.2 Å². The van der Waals surface area contributed by atoms with Crippen LogP contribution in [-0.2, 0) is 13.1 Å². The Morgan fingerprint density at radius 2 is 1.29 bits per heavy atom. The summed E-state index contributed by atoms with van der Waals surface area (Å²) in [6.45, 7) is 11.3. The maximum atomic E-state index is 10.7. The SMILES string of the molecule is C=CC(C=C)[C@H](O)[C@H](C)N(Cc1ccccc1)Cc1ccccc1. The first kappa shape index (κ1) is 18.2. The predicted molar refractivity (Wildman–Crippen MR) is 101 cm³/mol. The van der Waals surface area contributed by atoms with Crippen LogP contribution < -0.4 is 0 Å². The highest BCUT2D eigenvalue weighted by atomic mass is 16.3. The molecule has 2 aromatic carbocycles. The smallest absolute Gasteiger partial charge is 0.0789 e. The van der Waals surface area contributed by atoms with E-state index in [-0.39, 0.29) is 12.0 Å². The van der Waals surface area contributed by atoms with E-state index in [4.69, 9.17) is 0 Å². The molecule has 0 aliphatic carbocycles. The molecule has 126 valence electrons. The molecule has 24 heavy (non-hydrogen) atoms. The first-order chi connectivity index (χ1) is 11.7. The fraction of sp³-hybridized carbons (Fsp3) is 0.273. The second-order valence-corrected chi connectivity index (χ2v) is 6.16. The van der Waals surface area contributed by atoms with Crippen molar-refractivity contribution in [1.82, 2.24) is 4.90 Å². The van der Waals surface area contributed by atoms with Crippen LogP contribution in [0.3, 0.4) is 0 Å². The van der Waals surface area contributed by atoms with E-state index in [2.05, 4.69) is 49.2 Å². The van der Waals surface area contributed by atoms with Crippen LogP contribution >= 0.6 is 0 Å². The van der Waals surface area contributed by atoms with E-state index >= 15 is 0 Å². The van der Waals surface area contributed by atoms with Crippen LogP contribution in [0.1, 0.15) is 18.1 Å². The first-order valence-electron chi connectivity index (χ1n) is 8.40. The van der Waals surface area contributed by atoms with E-state index in [1.54, 1.807) is 12.2 Å². The largest absolute Gasteiger partial charge is 0.391 e. The Labute approximate surface area is 145 Å². The highest BCUT2D eigenvalue weighted by Gasteiger charge is 2.26. The second kappa shape index (κ2) is 9.21. The zero-order chi connectivity index (χ0) is 17.4. The van der Waals surface area contributed by atoms with E-state index < -0.39 is 6.10 Å². The van der Waals surface area contributed by atoms with Crippen LogP contribution in [0.15, 0.2) is 86.0 Å². The van der Waals surface area contributed by atoms with Crippen molar-refractivity contribution in [2.75, 3.05) is 0 Å². The fourth-order valence-electron chi connectivity index (χ4n) is 2.89. The van der Waals surface area contributed by atoms with Crippen LogP contribution in [0.25, 0.3) is 0 Å². The van der Waals surface area contributed by atoms with Gasteiger partial charge in [-0.2, -0.15) is 0 Å². The van der Waals surface area contributed by atoms with Crippen LogP contribution in [0.2, 0.25) is 0 Å². The molecule has 0 saturated carbocycles. The molecule has 2 aromatic rings. The van der Waals surface area contributed by atoms with Gasteiger partial charge in [0.15, 0.2) is 0 Å². The van der Waals surface area contributed by atoms with E-state index in [0.29, 0.717) is 0 Å². The Morgan fingerprint density at radius 1 is 0.875 bits per heavy atom. The van der Waals surface area contributed by atoms with E-state index in [1.165, 1.54) is 11.1 Å². The summed E-state index contributed by atoms with van der Waals surface area (Å²) < 4.78 is 0. The summed E-state index contributed by atoms with van der Waals surface area (Å²) in [4.78, 5) is 2.30. The first-order valence-corrected chi connectivity index (χ1v) is 8.40. The molecule has 0 heterocycles. The molecular formula is C22H27NO. The molecule has 2 rings (SSSR count). The van der Waals surface area contributed by atoms with Gasteiger partial charge in [0, 0.05) is 25.0 Å². The molecule has 2 nitrogen and oxygen atoms in total. The topological polar surface area (TPSA) is 23.5 Å². The van der Waals surface area contributed by atoms with Gasteiger partial charge in [-0.05, 0) is 18.1 Å². The summed E-state index contributed by atoms with van der Waals surface area (Å²) in [6, 6.07) is 20.7. The van der Waals surface area contributed by atoms with Gasteiger partial charge >= 0.3 is 0 Å². The van der Waals surface area contributed by atoms with Gasteiger partial charge < -0.3 is 5.11 Å². The quantitative estimate of drug-likeness (QED) is 0.691. The van der Waals surface area contributed by atoms with Gasteiger partial charge in [-0.3, -0.25) is 4.90 Å². The molecule has 0 aliphatic rings. The molecule has 1 N–H and O–H groups in total. The lowest BCUT2D eigenvalue weighted by Crippen LogP contribution is -2.43. The van der Waals surface area contributed by atoms with Gasteiger partial charge in [-0.25, -0.2) is 0 Å². The number of rotatable bonds is 9. The molecular weight excluding hydrogens is 294 g/mol. The molecule has 0 saturated heterocycles. The molecule has 0 aliphatic heterocycles. The third-order valence-corrected chi connectivity index (χ3v) is 4.47. The molecule has 2 heteroatoms. The number of nitrogens with zero attached hydrogens (tertiary/aromatic N) is 1. The Hall–Kier alpha value is -2.16. The maximum absolute atomic E-state index is 10.7. The minimum atomic E-state index is -0.535. The normalized spacial score (nSPS) is 13.7. The predicted octanol–water partition coefficient (Wildman–Crippen LogP) is 4.43. The summed E-state index contributed by atoms with van der Waals surface area (Å²) >= 11 is 0. The lowest BCUT2D eigenvalue weighted by molar-refractivity contribution is 0.0339. The van der Waals surface area contributed by atoms with Crippen molar-refractivity contribution < 1.29 is 5.11 Å². The molecule has 0 amide bonds. The van der Waals surface area contributed by atoms with Gasteiger partial charge in [0.25, 0.3) is 0 Å². The minimum absolute atomic E-state index is 0.0218. The molecule has 0 aromatic heterocycles. The Balaban J connectivity index is 2.20. The van der Waals surface area contributed by atoms with Crippen molar-refractivity contribution >= 4 is 0 Å². The van der Waals surface area contributed by atoms with Gasteiger partial charge in [0.1, 0.15) is 0 Å². The Morgan fingerprint density at radius 3 is 1.67 bits per heavy atom. The molecule has 0 radical (unpaired) electrons. The lowest BCUT2D eigenvalue weighted by Gasteiger charge is -2.34. The van der Waals surface area contributed by atoms with Gasteiger partial charge in [0.05, 0.1) is 6.10 Å². The Kier molecular flexibility index (Phi) is 6.98. The molecule has 0 spiro atoms. The van der Waals surface area contributed by atoms with Gasteiger partial charge in [0.2, 0.25) is 0 Å². The van der Waals surface area contributed by atoms with Crippen LogP contribution in [0.4, 0.5) is 0 Å². The molecule has 0 fully saturated rings. The third kappa shape index (κ3) is 4.92. The second-order valence-electron chi connectivity index (χ2n) is 6.16. The highest BCUT2D eigenvalue weighted by Crippen LogP contribution is 2.20. The molecule has 2 atom stereocenters. The zero-order valence-electron chi connectivity index (χ0n) is 14.4. The number of aliphatic hydroxyl groups excluding tert-OH is 1. The zero-order valence-corrected chi connectivity index (χ0v) is 14.4.